The fourth-order valence-electron chi connectivity index (χ4n) is 3.11. The molecule has 1 amide bonds. The van der Waals surface area contributed by atoms with Crippen LogP contribution >= 0.6 is 23.2 Å². The minimum atomic E-state index is -0.277. The summed E-state index contributed by atoms with van der Waals surface area (Å²) >= 11 is 12.6. The van der Waals surface area contributed by atoms with Crippen molar-refractivity contribution >= 4 is 34.8 Å². The van der Waals surface area contributed by atoms with Crippen molar-refractivity contribution in [2.24, 2.45) is 0 Å². The second kappa shape index (κ2) is 11.1. The minimum absolute atomic E-state index is 0.277. The molecule has 1 N–H and O–H groups in total. The minimum Gasteiger partial charge on any atom is -0.490 e. The van der Waals surface area contributed by atoms with Crippen LogP contribution in [-0.4, -0.2) is 12.5 Å². The van der Waals surface area contributed by atoms with Crippen molar-refractivity contribution in [3.63, 3.8) is 0 Å². The van der Waals surface area contributed by atoms with Crippen molar-refractivity contribution in [1.82, 2.24) is 0 Å². The Morgan fingerprint density at radius 1 is 0.867 bits per heavy atom. The molecule has 3 rings (SSSR count). The first-order chi connectivity index (χ1) is 14.6. The number of hydrogen-bond acceptors (Lipinski definition) is 2. The van der Waals surface area contributed by atoms with Crippen LogP contribution in [0.3, 0.4) is 0 Å². The number of halogens is 2. The highest BCUT2D eigenvalue weighted by molar-refractivity contribution is 6.37. The second-order valence-corrected chi connectivity index (χ2v) is 7.89. The predicted octanol–water partition coefficient (Wildman–Crippen LogP) is 7.87. The molecule has 0 atom stereocenters. The summed E-state index contributed by atoms with van der Waals surface area (Å²) in [7, 11) is 0. The van der Waals surface area contributed by atoms with Gasteiger partial charge in [-0.2, -0.15) is 0 Å². The Kier molecular flexibility index (Phi) is 8.18. The van der Waals surface area contributed by atoms with Crippen molar-refractivity contribution in [3.8, 4) is 16.9 Å². The number of anilines is 1. The van der Waals surface area contributed by atoms with E-state index in [1.807, 2.05) is 54.6 Å². The molecule has 0 saturated heterocycles. The van der Waals surface area contributed by atoms with Crippen molar-refractivity contribution in [1.29, 1.82) is 0 Å². The highest BCUT2D eigenvalue weighted by atomic mass is 35.5. The van der Waals surface area contributed by atoms with E-state index in [1.54, 1.807) is 12.1 Å². The smallest absolute Gasteiger partial charge is 0.255 e. The van der Waals surface area contributed by atoms with E-state index < -0.39 is 0 Å². The van der Waals surface area contributed by atoms with Crippen LogP contribution in [0.1, 0.15) is 43.0 Å². The molecule has 0 fully saturated rings. The van der Waals surface area contributed by atoms with Crippen molar-refractivity contribution in [2.45, 2.75) is 32.6 Å². The van der Waals surface area contributed by atoms with Gasteiger partial charge >= 0.3 is 0 Å². The quantitative estimate of drug-likeness (QED) is 0.343. The molecular formula is C25H25Cl2NO2. The summed E-state index contributed by atoms with van der Waals surface area (Å²) in [5, 5.41) is 3.55. The number of benzene rings is 3. The number of unbranched alkanes of at least 4 members (excludes halogenated alkanes) is 3. The molecule has 5 heteroatoms. The summed E-state index contributed by atoms with van der Waals surface area (Å²) in [6.45, 7) is 2.72. The zero-order chi connectivity index (χ0) is 21.3. The fourth-order valence-corrected chi connectivity index (χ4v) is 3.71. The van der Waals surface area contributed by atoms with Gasteiger partial charge in [0.05, 0.1) is 16.7 Å². The SMILES string of the molecule is CCCCCCOc1c(Cl)cc(C(=O)Nc2ccc(-c3ccccc3)cc2)cc1Cl. The van der Waals surface area contributed by atoms with Crippen LogP contribution < -0.4 is 10.1 Å². The topological polar surface area (TPSA) is 38.3 Å². The highest BCUT2D eigenvalue weighted by Crippen LogP contribution is 2.34. The van der Waals surface area contributed by atoms with Crippen LogP contribution in [0.5, 0.6) is 5.75 Å². The second-order valence-electron chi connectivity index (χ2n) is 7.08. The summed E-state index contributed by atoms with van der Waals surface area (Å²) in [4.78, 5) is 12.6. The molecule has 0 spiro atoms. The zero-order valence-electron chi connectivity index (χ0n) is 17.0. The Morgan fingerprint density at radius 3 is 2.13 bits per heavy atom. The van der Waals surface area contributed by atoms with Gasteiger partial charge in [-0.1, -0.05) is 91.9 Å². The maximum Gasteiger partial charge on any atom is 0.255 e. The Hall–Kier alpha value is -2.49. The first-order valence-corrected chi connectivity index (χ1v) is 10.9. The molecule has 30 heavy (non-hydrogen) atoms. The summed E-state index contributed by atoms with van der Waals surface area (Å²) in [6, 6.07) is 20.9. The lowest BCUT2D eigenvalue weighted by molar-refractivity contribution is 0.102. The summed E-state index contributed by atoms with van der Waals surface area (Å²) in [5.41, 5.74) is 3.29. The van der Waals surface area contributed by atoms with Gasteiger partial charge in [-0.3, -0.25) is 4.79 Å². The van der Waals surface area contributed by atoms with Crippen LogP contribution in [-0.2, 0) is 0 Å². The molecule has 0 unspecified atom stereocenters. The number of carbonyl (C=O) groups excluding carboxylic acids is 1. The van der Waals surface area contributed by atoms with Gasteiger partial charge in [-0.05, 0) is 41.8 Å². The Bertz CT molecular complexity index is 949. The fraction of sp³-hybridized carbons (Fsp3) is 0.240. The number of rotatable bonds is 9. The lowest BCUT2D eigenvalue weighted by Crippen LogP contribution is -2.12. The molecule has 0 radical (unpaired) electrons. The highest BCUT2D eigenvalue weighted by Gasteiger charge is 2.14. The van der Waals surface area contributed by atoms with E-state index in [0.29, 0.717) is 33.7 Å². The molecule has 0 bridgehead atoms. The molecule has 0 aliphatic heterocycles. The van der Waals surface area contributed by atoms with Gasteiger partial charge in [-0.25, -0.2) is 0 Å². The average Bonchev–Trinajstić information content (AvgIpc) is 2.76. The van der Waals surface area contributed by atoms with Gasteiger partial charge in [0.2, 0.25) is 0 Å². The van der Waals surface area contributed by atoms with Crippen LogP contribution in [0, 0.1) is 0 Å². The Labute approximate surface area is 188 Å². The molecule has 156 valence electrons. The molecule has 3 aromatic carbocycles. The van der Waals surface area contributed by atoms with Gasteiger partial charge in [0.1, 0.15) is 0 Å². The summed E-state index contributed by atoms with van der Waals surface area (Å²) in [5.74, 6) is 0.152. The first kappa shape index (κ1) is 22.2. The van der Waals surface area contributed by atoms with Crippen LogP contribution in [0.25, 0.3) is 11.1 Å². The van der Waals surface area contributed by atoms with E-state index in [-0.39, 0.29) is 5.91 Å². The van der Waals surface area contributed by atoms with Gasteiger partial charge in [0, 0.05) is 11.3 Å². The van der Waals surface area contributed by atoms with E-state index in [1.165, 1.54) is 12.8 Å². The maximum atomic E-state index is 12.6. The zero-order valence-corrected chi connectivity index (χ0v) is 18.5. The Morgan fingerprint density at radius 2 is 1.50 bits per heavy atom. The molecule has 3 nitrogen and oxygen atoms in total. The van der Waals surface area contributed by atoms with Crippen LogP contribution in [0.4, 0.5) is 5.69 Å². The predicted molar refractivity (Wildman–Crippen MR) is 126 cm³/mol. The molecule has 0 aliphatic rings. The normalized spacial score (nSPS) is 10.6. The van der Waals surface area contributed by atoms with Crippen molar-refractivity contribution in [3.05, 3.63) is 82.3 Å². The van der Waals surface area contributed by atoms with Crippen LogP contribution in [0.2, 0.25) is 10.0 Å². The lowest BCUT2D eigenvalue weighted by Gasteiger charge is -2.12. The van der Waals surface area contributed by atoms with Crippen LogP contribution in [0.15, 0.2) is 66.7 Å². The molecular weight excluding hydrogens is 417 g/mol. The van der Waals surface area contributed by atoms with E-state index in [4.69, 9.17) is 27.9 Å². The maximum absolute atomic E-state index is 12.6. The van der Waals surface area contributed by atoms with Gasteiger partial charge in [0.25, 0.3) is 5.91 Å². The molecule has 0 aliphatic carbocycles. The molecule has 3 aromatic rings. The van der Waals surface area contributed by atoms with E-state index in [0.717, 1.165) is 24.0 Å². The molecule has 0 heterocycles. The lowest BCUT2D eigenvalue weighted by atomic mass is 10.1. The first-order valence-electron chi connectivity index (χ1n) is 10.2. The number of hydrogen-bond donors (Lipinski definition) is 1. The van der Waals surface area contributed by atoms with Crippen molar-refractivity contribution < 1.29 is 9.53 Å². The van der Waals surface area contributed by atoms with Gasteiger partial charge < -0.3 is 10.1 Å². The monoisotopic (exact) mass is 441 g/mol. The molecule has 0 saturated carbocycles. The number of amides is 1. The van der Waals surface area contributed by atoms with E-state index in [9.17, 15) is 4.79 Å². The summed E-state index contributed by atoms with van der Waals surface area (Å²) < 4.78 is 5.73. The van der Waals surface area contributed by atoms with E-state index in [2.05, 4.69) is 12.2 Å². The number of carbonyl (C=O) groups is 1. The third-order valence-electron chi connectivity index (χ3n) is 4.75. The number of nitrogens with one attached hydrogen (secondary N) is 1. The third kappa shape index (κ3) is 6.01. The van der Waals surface area contributed by atoms with Gasteiger partial charge in [0.15, 0.2) is 5.75 Å². The standard InChI is InChI=1S/C25H25Cl2NO2/c1-2-3-4-8-15-30-24-22(26)16-20(17-23(24)27)25(29)28-21-13-11-19(12-14-21)18-9-6-5-7-10-18/h5-7,9-14,16-17H,2-4,8,15H2,1H3,(H,28,29). The third-order valence-corrected chi connectivity index (χ3v) is 5.32. The largest absolute Gasteiger partial charge is 0.490 e. The number of ether oxygens (including phenoxy) is 1. The molecule has 0 aromatic heterocycles. The van der Waals surface area contributed by atoms with Gasteiger partial charge in [-0.15, -0.1) is 0 Å². The average molecular weight is 442 g/mol. The summed E-state index contributed by atoms with van der Waals surface area (Å²) in [6.07, 6.45) is 4.40. The van der Waals surface area contributed by atoms with Crippen molar-refractivity contribution in [2.75, 3.05) is 11.9 Å². The Balaban J connectivity index is 1.64. The van der Waals surface area contributed by atoms with E-state index >= 15 is 0 Å².